The van der Waals surface area contributed by atoms with Crippen molar-refractivity contribution in [3.05, 3.63) is 55.9 Å². The van der Waals surface area contributed by atoms with E-state index in [-0.39, 0.29) is 5.82 Å². The summed E-state index contributed by atoms with van der Waals surface area (Å²) in [6.45, 7) is 1.70. The van der Waals surface area contributed by atoms with Gasteiger partial charge >= 0.3 is 0 Å². The highest BCUT2D eigenvalue weighted by molar-refractivity contribution is 9.11. The minimum atomic E-state index is -0.766. The van der Waals surface area contributed by atoms with Gasteiger partial charge in [-0.05, 0) is 57.1 Å². The van der Waals surface area contributed by atoms with Crippen LogP contribution in [0.5, 0.6) is 0 Å². The lowest BCUT2D eigenvalue weighted by atomic mass is 10.0. The van der Waals surface area contributed by atoms with Crippen molar-refractivity contribution >= 4 is 27.3 Å². The fourth-order valence-corrected chi connectivity index (χ4v) is 2.63. The van der Waals surface area contributed by atoms with Crippen LogP contribution in [0.3, 0.4) is 0 Å². The van der Waals surface area contributed by atoms with E-state index in [1.807, 2.05) is 11.4 Å². The summed E-state index contributed by atoms with van der Waals surface area (Å²) in [7, 11) is 0. The molecule has 1 atom stereocenters. The van der Waals surface area contributed by atoms with E-state index >= 15 is 0 Å². The number of halogens is 2. The summed E-state index contributed by atoms with van der Waals surface area (Å²) in [6.07, 6.45) is -0.766. The number of aryl methyl sites for hydroxylation is 1. The molecule has 1 aromatic carbocycles. The van der Waals surface area contributed by atoms with E-state index in [9.17, 15) is 9.50 Å². The van der Waals surface area contributed by atoms with Gasteiger partial charge in [0.2, 0.25) is 0 Å². The second-order valence-corrected chi connectivity index (χ2v) is 5.89. The van der Waals surface area contributed by atoms with Crippen LogP contribution in [0.25, 0.3) is 0 Å². The van der Waals surface area contributed by atoms with Gasteiger partial charge in [0.1, 0.15) is 11.9 Å². The van der Waals surface area contributed by atoms with Crippen molar-refractivity contribution in [1.29, 1.82) is 0 Å². The molecule has 0 aliphatic carbocycles. The SMILES string of the molecule is Cc1ccc(C(O)c2csc(Br)c2)cc1F. The van der Waals surface area contributed by atoms with Gasteiger partial charge in [0.15, 0.2) is 0 Å². The first-order chi connectivity index (χ1) is 7.58. The van der Waals surface area contributed by atoms with E-state index in [0.29, 0.717) is 11.1 Å². The van der Waals surface area contributed by atoms with Crippen molar-refractivity contribution in [1.82, 2.24) is 0 Å². The van der Waals surface area contributed by atoms with Gasteiger partial charge in [0.25, 0.3) is 0 Å². The molecule has 1 N–H and O–H groups in total. The van der Waals surface area contributed by atoms with Crippen LogP contribution >= 0.6 is 27.3 Å². The molecule has 0 spiro atoms. The molecule has 16 heavy (non-hydrogen) atoms. The highest BCUT2D eigenvalue weighted by Crippen LogP contribution is 2.29. The molecular weight excluding hydrogens is 291 g/mol. The zero-order valence-electron chi connectivity index (χ0n) is 8.58. The van der Waals surface area contributed by atoms with Crippen molar-refractivity contribution < 1.29 is 9.50 Å². The molecule has 0 saturated heterocycles. The number of benzene rings is 1. The molecular formula is C12H10BrFOS. The van der Waals surface area contributed by atoms with E-state index in [2.05, 4.69) is 15.9 Å². The molecule has 1 nitrogen and oxygen atoms in total. The lowest BCUT2D eigenvalue weighted by molar-refractivity contribution is 0.220. The number of rotatable bonds is 2. The second-order valence-electron chi connectivity index (χ2n) is 3.60. The normalized spacial score (nSPS) is 12.8. The van der Waals surface area contributed by atoms with Gasteiger partial charge < -0.3 is 5.11 Å². The monoisotopic (exact) mass is 300 g/mol. The Morgan fingerprint density at radius 3 is 2.62 bits per heavy atom. The summed E-state index contributed by atoms with van der Waals surface area (Å²) < 4.78 is 14.3. The van der Waals surface area contributed by atoms with E-state index in [4.69, 9.17) is 0 Å². The minimum Gasteiger partial charge on any atom is -0.384 e. The summed E-state index contributed by atoms with van der Waals surface area (Å²) in [6, 6.07) is 6.64. The van der Waals surface area contributed by atoms with Crippen molar-refractivity contribution in [3.63, 3.8) is 0 Å². The summed E-state index contributed by atoms with van der Waals surface area (Å²) in [5.74, 6) is -0.286. The number of aliphatic hydroxyl groups is 1. The molecule has 0 bridgehead atoms. The maximum Gasteiger partial charge on any atom is 0.126 e. The first kappa shape index (κ1) is 11.8. The van der Waals surface area contributed by atoms with E-state index in [0.717, 1.165) is 9.35 Å². The molecule has 1 heterocycles. The number of aliphatic hydroxyl groups excluding tert-OH is 1. The first-order valence-electron chi connectivity index (χ1n) is 4.76. The Morgan fingerprint density at radius 1 is 1.31 bits per heavy atom. The predicted molar refractivity (Wildman–Crippen MR) is 67.2 cm³/mol. The van der Waals surface area contributed by atoms with Crippen molar-refractivity contribution in [3.8, 4) is 0 Å². The highest BCUT2D eigenvalue weighted by atomic mass is 79.9. The molecule has 4 heteroatoms. The average molecular weight is 301 g/mol. The zero-order chi connectivity index (χ0) is 11.7. The Morgan fingerprint density at radius 2 is 2.06 bits per heavy atom. The molecule has 0 saturated carbocycles. The fourth-order valence-electron chi connectivity index (χ4n) is 1.44. The Hall–Kier alpha value is -0.710. The third-order valence-electron chi connectivity index (χ3n) is 2.42. The van der Waals surface area contributed by atoms with Crippen LogP contribution in [0.4, 0.5) is 4.39 Å². The van der Waals surface area contributed by atoms with Crippen molar-refractivity contribution in [2.45, 2.75) is 13.0 Å². The van der Waals surface area contributed by atoms with Crippen LogP contribution < -0.4 is 0 Å². The zero-order valence-corrected chi connectivity index (χ0v) is 11.0. The lowest BCUT2D eigenvalue weighted by Gasteiger charge is -2.10. The van der Waals surface area contributed by atoms with Crippen molar-refractivity contribution in [2.75, 3.05) is 0 Å². The maximum atomic E-state index is 13.3. The molecule has 2 rings (SSSR count). The van der Waals surface area contributed by atoms with Crippen molar-refractivity contribution in [2.24, 2.45) is 0 Å². The molecule has 0 fully saturated rings. The maximum absolute atomic E-state index is 13.3. The minimum absolute atomic E-state index is 0.286. The first-order valence-corrected chi connectivity index (χ1v) is 6.43. The highest BCUT2D eigenvalue weighted by Gasteiger charge is 2.13. The second kappa shape index (κ2) is 4.65. The molecule has 0 aliphatic rings. The average Bonchev–Trinajstić information content (AvgIpc) is 2.68. The summed E-state index contributed by atoms with van der Waals surface area (Å²) in [5.41, 5.74) is 1.94. The molecule has 0 aliphatic heterocycles. The van der Waals surface area contributed by atoms with Gasteiger partial charge in [-0.15, -0.1) is 11.3 Å². The van der Waals surface area contributed by atoms with E-state index in [1.54, 1.807) is 19.1 Å². The lowest BCUT2D eigenvalue weighted by Crippen LogP contribution is -1.99. The topological polar surface area (TPSA) is 20.2 Å². The van der Waals surface area contributed by atoms with Crippen LogP contribution in [-0.4, -0.2) is 5.11 Å². The Balaban J connectivity index is 2.33. The van der Waals surface area contributed by atoms with Gasteiger partial charge in [-0.3, -0.25) is 0 Å². The Labute approximate surface area is 106 Å². The summed E-state index contributed by atoms with van der Waals surface area (Å²) in [5, 5.41) is 11.9. The smallest absolute Gasteiger partial charge is 0.126 e. The van der Waals surface area contributed by atoms with Crippen LogP contribution in [0.2, 0.25) is 0 Å². The van der Waals surface area contributed by atoms with Crippen LogP contribution in [0.1, 0.15) is 22.8 Å². The number of hydrogen-bond acceptors (Lipinski definition) is 2. The van der Waals surface area contributed by atoms with Gasteiger partial charge in [0, 0.05) is 0 Å². The third kappa shape index (κ3) is 2.34. The van der Waals surface area contributed by atoms with Gasteiger partial charge in [-0.1, -0.05) is 12.1 Å². The largest absolute Gasteiger partial charge is 0.384 e. The molecule has 2 aromatic rings. The number of thiophene rings is 1. The molecule has 1 aromatic heterocycles. The molecule has 84 valence electrons. The predicted octanol–water partition coefficient (Wildman–Crippen LogP) is 4.04. The van der Waals surface area contributed by atoms with E-state index in [1.165, 1.54) is 17.4 Å². The van der Waals surface area contributed by atoms with E-state index < -0.39 is 6.10 Å². The number of hydrogen-bond donors (Lipinski definition) is 1. The van der Waals surface area contributed by atoms with Crippen LogP contribution in [-0.2, 0) is 0 Å². The van der Waals surface area contributed by atoms with Crippen LogP contribution in [0, 0.1) is 12.7 Å². The summed E-state index contributed by atoms with van der Waals surface area (Å²) in [4.78, 5) is 0. The standard InChI is InChI=1S/C12H10BrFOS/c1-7-2-3-8(4-10(7)14)12(15)9-5-11(13)16-6-9/h2-6,12,15H,1H3. The quantitative estimate of drug-likeness (QED) is 0.887. The summed E-state index contributed by atoms with van der Waals surface area (Å²) >= 11 is 4.83. The van der Waals surface area contributed by atoms with Crippen LogP contribution in [0.15, 0.2) is 33.4 Å². The molecule has 0 radical (unpaired) electrons. The molecule has 1 unspecified atom stereocenters. The Kier molecular flexibility index (Phi) is 3.42. The Bertz CT molecular complexity index is 509. The van der Waals surface area contributed by atoms with Gasteiger partial charge in [-0.2, -0.15) is 0 Å². The van der Waals surface area contributed by atoms with Gasteiger partial charge in [0.05, 0.1) is 3.79 Å². The fraction of sp³-hybridized carbons (Fsp3) is 0.167. The third-order valence-corrected chi connectivity index (χ3v) is 3.94. The molecule has 0 amide bonds. The van der Waals surface area contributed by atoms with Gasteiger partial charge in [-0.25, -0.2) is 4.39 Å².